The minimum Gasteiger partial charge on any atom is -0.392 e. The van der Waals surface area contributed by atoms with Gasteiger partial charge in [-0.25, -0.2) is 0 Å². The number of thioether (sulfide) groups is 1. The van der Waals surface area contributed by atoms with E-state index < -0.39 is 0 Å². The van der Waals surface area contributed by atoms with E-state index in [0.717, 1.165) is 39.0 Å². The van der Waals surface area contributed by atoms with Crippen LogP contribution in [0.4, 0.5) is 0 Å². The molecule has 4 unspecified atom stereocenters. The molecule has 1 saturated heterocycles. The van der Waals surface area contributed by atoms with Crippen molar-refractivity contribution in [1.29, 1.82) is 0 Å². The van der Waals surface area contributed by atoms with Gasteiger partial charge in [0.15, 0.2) is 5.79 Å². The van der Waals surface area contributed by atoms with Crippen LogP contribution in [0, 0.1) is 0 Å². The van der Waals surface area contributed by atoms with Gasteiger partial charge in [0.05, 0.1) is 19.3 Å². The number of aliphatic hydroxyl groups excluding tert-OH is 1. The maximum absolute atomic E-state index is 9.72. The molecule has 4 atom stereocenters. The minimum atomic E-state index is -0.345. The Morgan fingerprint density at radius 3 is 2.63 bits per heavy atom. The molecule has 0 amide bonds. The molecule has 5 heteroatoms. The summed E-state index contributed by atoms with van der Waals surface area (Å²) in [7, 11) is 0. The van der Waals surface area contributed by atoms with Gasteiger partial charge >= 0.3 is 0 Å². The van der Waals surface area contributed by atoms with E-state index in [4.69, 9.17) is 9.47 Å². The van der Waals surface area contributed by atoms with E-state index >= 15 is 0 Å². The predicted octanol–water partition coefficient (Wildman–Crippen LogP) is 1.76. The third-order valence-electron chi connectivity index (χ3n) is 4.15. The molecule has 0 aromatic carbocycles. The van der Waals surface area contributed by atoms with E-state index in [9.17, 15) is 5.11 Å². The number of hydrogen-bond donors (Lipinski definition) is 2. The molecule has 1 heterocycles. The van der Waals surface area contributed by atoms with Crippen LogP contribution < -0.4 is 5.32 Å². The van der Waals surface area contributed by atoms with Gasteiger partial charge in [-0.3, -0.25) is 0 Å². The first kappa shape index (κ1) is 15.6. The predicted molar refractivity (Wildman–Crippen MR) is 78.5 cm³/mol. The summed E-state index contributed by atoms with van der Waals surface area (Å²) in [4.78, 5) is 0. The van der Waals surface area contributed by atoms with Crippen molar-refractivity contribution >= 4 is 11.8 Å². The van der Waals surface area contributed by atoms with Crippen molar-refractivity contribution in [3.05, 3.63) is 0 Å². The Balaban J connectivity index is 1.99. The summed E-state index contributed by atoms with van der Waals surface area (Å²) >= 11 is 1.86. The number of aliphatic hydroxyl groups is 1. The van der Waals surface area contributed by atoms with Gasteiger partial charge < -0.3 is 19.9 Å². The summed E-state index contributed by atoms with van der Waals surface area (Å²) in [6.07, 6.45) is 2.70. The van der Waals surface area contributed by atoms with Crippen LogP contribution in [0.25, 0.3) is 0 Å². The molecule has 2 rings (SSSR count). The van der Waals surface area contributed by atoms with Crippen molar-refractivity contribution in [2.24, 2.45) is 0 Å². The Bertz CT molecular complexity index is 282. The van der Waals surface area contributed by atoms with Crippen LogP contribution in [0.2, 0.25) is 0 Å². The molecule has 2 aliphatic rings. The van der Waals surface area contributed by atoms with Gasteiger partial charge in [0.25, 0.3) is 0 Å². The van der Waals surface area contributed by atoms with Crippen molar-refractivity contribution < 1.29 is 14.6 Å². The van der Waals surface area contributed by atoms with Crippen LogP contribution in [0.5, 0.6) is 0 Å². The number of hydrogen-bond acceptors (Lipinski definition) is 5. The standard InChI is InChI=1S/C14H27NO3S/c1-4-15-12-5-6-14(17-7-8-18-14)9-13(12)19-11(3)10(2)16/h10-13,15-16H,4-9H2,1-3H3. The lowest BCUT2D eigenvalue weighted by Crippen LogP contribution is -2.50. The monoisotopic (exact) mass is 289 g/mol. The Morgan fingerprint density at radius 2 is 2.05 bits per heavy atom. The molecule has 0 aromatic heterocycles. The summed E-state index contributed by atoms with van der Waals surface area (Å²) in [6.45, 7) is 8.52. The maximum Gasteiger partial charge on any atom is 0.169 e. The van der Waals surface area contributed by atoms with Crippen molar-refractivity contribution in [2.75, 3.05) is 19.8 Å². The van der Waals surface area contributed by atoms with E-state index in [2.05, 4.69) is 19.2 Å². The first-order valence-electron chi connectivity index (χ1n) is 7.41. The van der Waals surface area contributed by atoms with Crippen molar-refractivity contribution in [2.45, 2.75) is 68.5 Å². The van der Waals surface area contributed by atoms with Crippen LogP contribution >= 0.6 is 11.8 Å². The molecule has 19 heavy (non-hydrogen) atoms. The fraction of sp³-hybridized carbons (Fsp3) is 1.00. The lowest BCUT2D eigenvalue weighted by atomic mass is 9.89. The fourth-order valence-electron chi connectivity index (χ4n) is 2.90. The highest BCUT2D eigenvalue weighted by atomic mass is 32.2. The summed E-state index contributed by atoms with van der Waals surface area (Å²) in [5, 5.41) is 14.0. The SMILES string of the molecule is CCNC1CCC2(CC1SC(C)C(C)O)OCCO2. The summed E-state index contributed by atoms with van der Waals surface area (Å²) < 4.78 is 11.7. The molecular weight excluding hydrogens is 262 g/mol. The second-order valence-corrected chi connectivity index (χ2v) is 7.26. The van der Waals surface area contributed by atoms with Gasteiger partial charge in [-0.05, 0) is 19.9 Å². The van der Waals surface area contributed by atoms with Crippen LogP contribution in [-0.2, 0) is 9.47 Å². The van der Waals surface area contributed by atoms with E-state index in [-0.39, 0.29) is 17.1 Å². The molecule has 4 nitrogen and oxygen atoms in total. The number of ether oxygens (including phenoxy) is 2. The molecule has 2 N–H and O–H groups in total. The fourth-order valence-corrected chi connectivity index (χ4v) is 4.45. The van der Waals surface area contributed by atoms with Gasteiger partial charge in [0.1, 0.15) is 0 Å². The first-order chi connectivity index (χ1) is 9.06. The summed E-state index contributed by atoms with van der Waals surface area (Å²) in [6, 6.07) is 0.495. The Labute approximate surface area is 120 Å². The quantitative estimate of drug-likeness (QED) is 0.808. The Kier molecular flexibility index (Phi) is 5.55. The molecule has 1 saturated carbocycles. The zero-order valence-electron chi connectivity index (χ0n) is 12.2. The number of nitrogens with one attached hydrogen (secondary N) is 1. The molecule has 112 valence electrons. The smallest absolute Gasteiger partial charge is 0.169 e. The molecule has 1 aliphatic carbocycles. The van der Waals surface area contributed by atoms with Crippen LogP contribution in [0.1, 0.15) is 40.0 Å². The first-order valence-corrected chi connectivity index (χ1v) is 8.35. The highest BCUT2D eigenvalue weighted by Gasteiger charge is 2.45. The van der Waals surface area contributed by atoms with Crippen LogP contribution in [-0.4, -0.2) is 53.3 Å². The topological polar surface area (TPSA) is 50.7 Å². The second kappa shape index (κ2) is 6.76. The highest BCUT2D eigenvalue weighted by Crippen LogP contribution is 2.41. The number of rotatable bonds is 5. The second-order valence-electron chi connectivity index (χ2n) is 5.63. The molecule has 1 spiro atoms. The molecule has 0 bridgehead atoms. The largest absolute Gasteiger partial charge is 0.392 e. The molecule has 2 fully saturated rings. The molecule has 0 radical (unpaired) electrons. The van der Waals surface area contributed by atoms with E-state index in [1.807, 2.05) is 18.7 Å². The lowest BCUT2D eigenvalue weighted by molar-refractivity contribution is -0.178. The maximum atomic E-state index is 9.72. The van der Waals surface area contributed by atoms with E-state index in [0.29, 0.717) is 11.3 Å². The average molecular weight is 289 g/mol. The van der Waals surface area contributed by atoms with Gasteiger partial charge in [-0.2, -0.15) is 11.8 Å². The summed E-state index contributed by atoms with van der Waals surface area (Å²) in [5.41, 5.74) is 0. The van der Waals surface area contributed by atoms with Crippen molar-refractivity contribution in [1.82, 2.24) is 5.32 Å². The normalized spacial score (nSPS) is 33.5. The van der Waals surface area contributed by atoms with Crippen LogP contribution in [0.3, 0.4) is 0 Å². The molecular formula is C14H27NO3S. The lowest BCUT2D eigenvalue weighted by Gasteiger charge is -2.42. The highest BCUT2D eigenvalue weighted by molar-refractivity contribution is 8.00. The Morgan fingerprint density at radius 1 is 1.37 bits per heavy atom. The zero-order valence-corrected chi connectivity index (χ0v) is 13.0. The van der Waals surface area contributed by atoms with E-state index in [1.165, 1.54) is 0 Å². The van der Waals surface area contributed by atoms with Gasteiger partial charge in [0.2, 0.25) is 0 Å². The molecule has 0 aromatic rings. The third kappa shape index (κ3) is 3.85. The molecule has 1 aliphatic heterocycles. The Hall–Kier alpha value is 0.190. The van der Waals surface area contributed by atoms with Crippen molar-refractivity contribution in [3.8, 4) is 0 Å². The minimum absolute atomic E-state index is 0.239. The van der Waals surface area contributed by atoms with Gasteiger partial charge in [-0.1, -0.05) is 13.8 Å². The van der Waals surface area contributed by atoms with Crippen LogP contribution in [0.15, 0.2) is 0 Å². The summed E-state index contributed by atoms with van der Waals surface area (Å²) in [5.74, 6) is -0.345. The zero-order chi connectivity index (χ0) is 13.9. The van der Waals surface area contributed by atoms with E-state index in [1.54, 1.807) is 0 Å². The van der Waals surface area contributed by atoms with Gasteiger partial charge in [-0.15, -0.1) is 0 Å². The third-order valence-corrected chi connectivity index (χ3v) is 5.81. The van der Waals surface area contributed by atoms with Crippen molar-refractivity contribution in [3.63, 3.8) is 0 Å². The van der Waals surface area contributed by atoms with Gasteiger partial charge in [0, 0.05) is 29.4 Å². The average Bonchev–Trinajstić information content (AvgIpc) is 2.81.